The number of hydrogen-bond donors (Lipinski definition) is 1. The standard InChI is InChI=1S/C24H26FN3O4/c1-16-5-7-18(8-6-16)21-27-22(32-28-21)19-9-11-20(12-10-19)30-15-17(13-25)14-26-23(29)31-24(2,3)4/h5-13H,14-15H2,1-4H3,(H,26,29)/b17-13+. The summed E-state index contributed by atoms with van der Waals surface area (Å²) in [6, 6.07) is 14.9. The lowest BCUT2D eigenvalue weighted by atomic mass is 10.1. The predicted octanol–water partition coefficient (Wildman–Crippen LogP) is 5.47. The van der Waals surface area contributed by atoms with E-state index in [-0.39, 0.29) is 18.7 Å². The van der Waals surface area contributed by atoms with E-state index in [0.717, 1.165) is 16.7 Å². The minimum absolute atomic E-state index is 0.0206. The number of rotatable bonds is 7. The van der Waals surface area contributed by atoms with Gasteiger partial charge in [-0.15, -0.1) is 0 Å². The van der Waals surface area contributed by atoms with Crippen molar-refractivity contribution in [1.29, 1.82) is 0 Å². The minimum atomic E-state index is -0.624. The molecule has 3 rings (SSSR count). The van der Waals surface area contributed by atoms with Gasteiger partial charge >= 0.3 is 6.09 Å². The number of nitrogens with zero attached hydrogens (tertiary/aromatic N) is 2. The zero-order valence-corrected chi connectivity index (χ0v) is 18.5. The van der Waals surface area contributed by atoms with Gasteiger partial charge in [-0.1, -0.05) is 35.0 Å². The molecule has 0 aliphatic rings. The summed E-state index contributed by atoms with van der Waals surface area (Å²) in [4.78, 5) is 16.1. The van der Waals surface area contributed by atoms with Crippen molar-refractivity contribution in [2.24, 2.45) is 0 Å². The second kappa shape index (κ2) is 10.1. The molecule has 1 amide bonds. The number of aryl methyl sites for hydroxylation is 1. The molecule has 0 atom stereocenters. The van der Waals surface area contributed by atoms with E-state index in [0.29, 0.717) is 23.8 Å². The molecule has 1 heterocycles. The number of carbonyl (C=O) groups excluding carboxylic acids is 1. The van der Waals surface area contributed by atoms with Gasteiger partial charge in [-0.3, -0.25) is 0 Å². The van der Waals surface area contributed by atoms with E-state index in [1.165, 1.54) is 0 Å². The molecule has 1 N–H and O–H groups in total. The minimum Gasteiger partial charge on any atom is -0.489 e. The maximum atomic E-state index is 13.1. The van der Waals surface area contributed by atoms with Crippen molar-refractivity contribution in [3.63, 3.8) is 0 Å². The first-order valence-corrected chi connectivity index (χ1v) is 10.1. The van der Waals surface area contributed by atoms with Crippen molar-refractivity contribution in [3.8, 4) is 28.6 Å². The number of halogens is 1. The largest absolute Gasteiger partial charge is 0.489 e. The quantitative estimate of drug-likeness (QED) is 0.525. The number of carbonyl (C=O) groups is 1. The van der Waals surface area contributed by atoms with Gasteiger partial charge in [-0.2, -0.15) is 4.98 Å². The Balaban J connectivity index is 1.54. The fourth-order valence-electron chi connectivity index (χ4n) is 2.65. The number of aromatic nitrogens is 2. The van der Waals surface area contributed by atoms with Gasteiger partial charge in [0.05, 0.1) is 6.33 Å². The predicted molar refractivity (Wildman–Crippen MR) is 119 cm³/mol. The summed E-state index contributed by atoms with van der Waals surface area (Å²) in [5, 5.41) is 6.53. The van der Waals surface area contributed by atoms with Crippen molar-refractivity contribution in [2.75, 3.05) is 13.2 Å². The third-order valence-corrected chi connectivity index (χ3v) is 4.27. The molecule has 0 aliphatic heterocycles. The molecule has 0 bridgehead atoms. The first-order valence-electron chi connectivity index (χ1n) is 10.1. The molecule has 0 saturated carbocycles. The Labute approximate surface area is 186 Å². The summed E-state index contributed by atoms with van der Waals surface area (Å²) < 4.78 is 29.2. The van der Waals surface area contributed by atoms with E-state index < -0.39 is 11.7 Å². The molecule has 1 aromatic heterocycles. The third-order valence-electron chi connectivity index (χ3n) is 4.27. The second-order valence-electron chi connectivity index (χ2n) is 8.23. The van der Waals surface area contributed by atoms with E-state index in [4.69, 9.17) is 14.0 Å². The zero-order chi connectivity index (χ0) is 23.1. The Bertz CT molecular complexity index is 1070. The lowest BCUT2D eigenvalue weighted by molar-refractivity contribution is 0.0531. The fourth-order valence-corrected chi connectivity index (χ4v) is 2.65. The van der Waals surface area contributed by atoms with Crippen LogP contribution in [0.15, 0.2) is 65.0 Å². The molecular weight excluding hydrogens is 413 g/mol. The SMILES string of the molecule is Cc1ccc(-c2noc(-c3ccc(OC/C(=C/F)CNC(=O)OC(C)(C)C)cc3)n2)cc1. The van der Waals surface area contributed by atoms with Gasteiger partial charge < -0.3 is 19.3 Å². The van der Waals surface area contributed by atoms with Crippen LogP contribution in [0.25, 0.3) is 22.8 Å². The number of amides is 1. The van der Waals surface area contributed by atoms with Gasteiger partial charge in [0.15, 0.2) is 0 Å². The lowest BCUT2D eigenvalue weighted by Gasteiger charge is -2.20. The van der Waals surface area contributed by atoms with Crippen LogP contribution in [0.5, 0.6) is 5.75 Å². The Kier molecular flexibility index (Phi) is 7.25. The highest BCUT2D eigenvalue weighted by atomic mass is 19.1. The molecule has 8 heteroatoms. The fraction of sp³-hybridized carbons (Fsp3) is 0.292. The van der Waals surface area contributed by atoms with E-state index in [1.54, 1.807) is 45.0 Å². The summed E-state index contributed by atoms with van der Waals surface area (Å²) in [7, 11) is 0. The number of hydrogen-bond acceptors (Lipinski definition) is 6. The third kappa shape index (κ3) is 6.66. The summed E-state index contributed by atoms with van der Waals surface area (Å²) in [5.41, 5.74) is 2.40. The highest BCUT2D eigenvalue weighted by Crippen LogP contribution is 2.24. The van der Waals surface area contributed by atoms with Crippen molar-refractivity contribution < 1.29 is 23.2 Å². The van der Waals surface area contributed by atoms with Crippen LogP contribution in [-0.4, -0.2) is 35.0 Å². The molecule has 7 nitrogen and oxygen atoms in total. The average Bonchev–Trinajstić information content (AvgIpc) is 3.24. The van der Waals surface area contributed by atoms with Gasteiger partial charge in [0.1, 0.15) is 18.0 Å². The molecule has 32 heavy (non-hydrogen) atoms. The van der Waals surface area contributed by atoms with Gasteiger partial charge in [0.2, 0.25) is 5.82 Å². The van der Waals surface area contributed by atoms with Crippen molar-refractivity contribution in [3.05, 3.63) is 66.0 Å². The highest BCUT2D eigenvalue weighted by molar-refractivity contribution is 5.68. The second-order valence-corrected chi connectivity index (χ2v) is 8.23. The van der Waals surface area contributed by atoms with Crippen molar-refractivity contribution in [2.45, 2.75) is 33.3 Å². The molecule has 2 aromatic carbocycles. The van der Waals surface area contributed by atoms with Gasteiger partial charge in [-0.05, 0) is 52.0 Å². The highest BCUT2D eigenvalue weighted by Gasteiger charge is 2.16. The van der Waals surface area contributed by atoms with Crippen molar-refractivity contribution >= 4 is 6.09 Å². The Morgan fingerprint density at radius 1 is 1.09 bits per heavy atom. The molecule has 0 radical (unpaired) electrons. The maximum Gasteiger partial charge on any atom is 0.407 e. The number of nitrogens with one attached hydrogen (secondary N) is 1. The van der Waals surface area contributed by atoms with Crippen LogP contribution in [0, 0.1) is 6.92 Å². The van der Waals surface area contributed by atoms with Crippen LogP contribution in [-0.2, 0) is 4.74 Å². The maximum absolute atomic E-state index is 13.1. The topological polar surface area (TPSA) is 86.5 Å². The number of benzene rings is 2. The van der Waals surface area contributed by atoms with E-state index in [1.807, 2.05) is 31.2 Å². The van der Waals surface area contributed by atoms with Crippen molar-refractivity contribution in [1.82, 2.24) is 15.5 Å². The van der Waals surface area contributed by atoms with Crippen LogP contribution in [0.4, 0.5) is 9.18 Å². The Morgan fingerprint density at radius 3 is 2.38 bits per heavy atom. The van der Waals surface area contributed by atoms with E-state index in [9.17, 15) is 9.18 Å². The molecule has 0 spiro atoms. The van der Waals surface area contributed by atoms with Crippen LogP contribution >= 0.6 is 0 Å². The summed E-state index contributed by atoms with van der Waals surface area (Å²) in [5.74, 6) is 1.43. The van der Waals surface area contributed by atoms with E-state index >= 15 is 0 Å². The Morgan fingerprint density at radius 2 is 1.75 bits per heavy atom. The van der Waals surface area contributed by atoms with Crippen LogP contribution < -0.4 is 10.1 Å². The Hall–Kier alpha value is -3.68. The van der Waals surface area contributed by atoms with E-state index in [2.05, 4.69) is 15.5 Å². The lowest BCUT2D eigenvalue weighted by Crippen LogP contribution is -2.34. The normalized spacial score (nSPS) is 11.8. The van der Waals surface area contributed by atoms with Crippen LogP contribution in [0.3, 0.4) is 0 Å². The number of alkyl carbamates (subject to hydrolysis) is 1. The molecule has 0 saturated heterocycles. The zero-order valence-electron chi connectivity index (χ0n) is 18.5. The van der Waals surface area contributed by atoms with Crippen LogP contribution in [0.2, 0.25) is 0 Å². The molecular formula is C24H26FN3O4. The summed E-state index contributed by atoms with van der Waals surface area (Å²) >= 11 is 0. The molecule has 3 aromatic rings. The molecule has 168 valence electrons. The van der Waals surface area contributed by atoms with Gasteiger partial charge in [0.25, 0.3) is 5.89 Å². The average molecular weight is 439 g/mol. The van der Waals surface area contributed by atoms with Gasteiger partial charge in [-0.25, -0.2) is 9.18 Å². The van der Waals surface area contributed by atoms with Gasteiger partial charge in [0, 0.05) is 23.2 Å². The summed E-state index contributed by atoms with van der Waals surface area (Å²) in [6.45, 7) is 7.23. The molecule has 0 fully saturated rings. The van der Waals surface area contributed by atoms with Crippen LogP contribution in [0.1, 0.15) is 26.3 Å². The first-order chi connectivity index (χ1) is 15.2. The molecule has 0 unspecified atom stereocenters. The number of ether oxygens (including phenoxy) is 2. The summed E-state index contributed by atoms with van der Waals surface area (Å²) in [6.07, 6.45) is -0.206. The smallest absolute Gasteiger partial charge is 0.407 e. The first kappa shape index (κ1) is 23.0. The monoisotopic (exact) mass is 439 g/mol. The molecule has 0 aliphatic carbocycles.